The first-order valence-electron chi connectivity index (χ1n) is 10.9. The first kappa shape index (κ1) is 27.6. The van der Waals surface area contributed by atoms with Crippen LogP contribution in [0, 0.1) is 0 Å². The number of hydrogen-bond acceptors (Lipinski definition) is 3. The average Bonchev–Trinajstić information content (AvgIpc) is 2.62. The maximum Gasteiger partial charge on any atom is 0.217 e. The zero-order chi connectivity index (χ0) is 22.2. The monoisotopic (exact) mass is 420 g/mol. The van der Waals surface area contributed by atoms with Crippen molar-refractivity contribution in [2.24, 2.45) is 0 Å². The van der Waals surface area contributed by atoms with Gasteiger partial charge in [0.2, 0.25) is 5.91 Å². The fraction of sp³-hybridized carbons (Fsp3) is 0.640. The smallest absolute Gasteiger partial charge is 0.217 e. The van der Waals surface area contributed by atoms with Crippen LogP contribution in [0.15, 0.2) is 47.2 Å². The Morgan fingerprint density at radius 2 is 1.55 bits per heavy atom. The number of allylic oxidation sites excluding steroid dienone is 5. The molecule has 0 saturated heterocycles. The van der Waals surface area contributed by atoms with Crippen LogP contribution in [0.4, 0.5) is 0 Å². The molecule has 2 unspecified atom stereocenters. The Hall–Kier alpha value is -1.42. The number of carbonyl (C=O) groups is 1. The molecule has 3 nitrogen and oxygen atoms in total. The van der Waals surface area contributed by atoms with Crippen LogP contribution < -0.4 is 10.6 Å². The molecule has 29 heavy (non-hydrogen) atoms. The molecule has 1 amide bonds. The summed E-state index contributed by atoms with van der Waals surface area (Å²) in [5.41, 5.74) is 5.26. The second kappa shape index (κ2) is 16.4. The van der Waals surface area contributed by atoms with Gasteiger partial charge >= 0.3 is 0 Å². The van der Waals surface area contributed by atoms with Crippen molar-refractivity contribution >= 4 is 17.7 Å². The number of thioether (sulfide) groups is 1. The number of nitrogens with one attached hydrogen (secondary N) is 2. The van der Waals surface area contributed by atoms with Gasteiger partial charge in [0.1, 0.15) is 0 Å². The fourth-order valence-electron chi connectivity index (χ4n) is 2.92. The molecule has 0 aliphatic rings. The van der Waals surface area contributed by atoms with E-state index in [9.17, 15) is 4.79 Å². The van der Waals surface area contributed by atoms with E-state index in [4.69, 9.17) is 0 Å². The summed E-state index contributed by atoms with van der Waals surface area (Å²) in [5.74, 6) is 2.04. The lowest BCUT2D eigenvalue weighted by molar-refractivity contribution is -0.119. The van der Waals surface area contributed by atoms with E-state index in [1.54, 1.807) is 6.92 Å². The molecule has 0 aromatic rings. The highest BCUT2D eigenvalue weighted by molar-refractivity contribution is 7.99. The molecule has 4 heteroatoms. The van der Waals surface area contributed by atoms with E-state index in [1.807, 2.05) is 11.8 Å². The molecule has 0 saturated carbocycles. The summed E-state index contributed by atoms with van der Waals surface area (Å²) < 4.78 is 0. The molecule has 0 aliphatic heterocycles. The first-order valence-corrected chi connectivity index (χ1v) is 12.1. The highest BCUT2D eigenvalue weighted by atomic mass is 32.2. The van der Waals surface area contributed by atoms with E-state index in [2.05, 4.69) is 77.0 Å². The van der Waals surface area contributed by atoms with E-state index in [1.165, 1.54) is 23.1 Å². The third-order valence-electron chi connectivity index (χ3n) is 4.68. The SMILES string of the molecule is C=C(NC(C)CSC/C=C(\C)CC/C=C(\C)CCC=C(C)C)C(CC)NC(C)=O. The quantitative estimate of drug-likeness (QED) is 0.233. The number of hydrogen-bond donors (Lipinski definition) is 2. The molecule has 2 atom stereocenters. The van der Waals surface area contributed by atoms with E-state index in [-0.39, 0.29) is 11.9 Å². The summed E-state index contributed by atoms with van der Waals surface area (Å²) >= 11 is 1.93. The van der Waals surface area contributed by atoms with Crippen molar-refractivity contribution < 1.29 is 4.79 Å². The standard InChI is InChI=1S/C25H44N2OS/c1-9-25(27-24(8)28)23(7)26-22(6)18-29-17-16-21(5)15-11-14-20(4)13-10-12-19(2)3/h12,14,16,22,25-26H,7,9-11,13,15,17-18H2,1-6,8H3,(H,27,28)/b20-14+,21-16+. The Kier molecular flexibility index (Phi) is 15.6. The molecule has 0 spiro atoms. The molecular formula is C25H44N2OS. The van der Waals surface area contributed by atoms with E-state index in [0.29, 0.717) is 6.04 Å². The van der Waals surface area contributed by atoms with Crippen LogP contribution in [0.3, 0.4) is 0 Å². The van der Waals surface area contributed by atoms with Crippen molar-refractivity contribution in [3.05, 3.63) is 47.2 Å². The average molecular weight is 421 g/mol. The van der Waals surface area contributed by atoms with Crippen molar-refractivity contribution in [2.75, 3.05) is 11.5 Å². The van der Waals surface area contributed by atoms with Crippen LogP contribution in [-0.4, -0.2) is 29.5 Å². The predicted octanol–water partition coefficient (Wildman–Crippen LogP) is 6.55. The van der Waals surface area contributed by atoms with Crippen molar-refractivity contribution in [1.29, 1.82) is 0 Å². The largest absolute Gasteiger partial charge is 0.384 e. The van der Waals surface area contributed by atoms with Crippen molar-refractivity contribution in [3.8, 4) is 0 Å². The fourth-order valence-corrected chi connectivity index (χ4v) is 3.90. The third kappa shape index (κ3) is 16.1. The molecule has 0 radical (unpaired) electrons. The van der Waals surface area contributed by atoms with Gasteiger partial charge in [0.15, 0.2) is 0 Å². The normalized spacial score (nSPS) is 14.2. The minimum absolute atomic E-state index is 0.000574. The zero-order valence-electron chi connectivity index (χ0n) is 19.9. The first-order chi connectivity index (χ1) is 13.6. The Morgan fingerprint density at radius 3 is 2.10 bits per heavy atom. The van der Waals surface area contributed by atoms with Crippen LogP contribution >= 0.6 is 11.8 Å². The summed E-state index contributed by atoms with van der Waals surface area (Å²) in [6.45, 7) is 18.7. The summed E-state index contributed by atoms with van der Waals surface area (Å²) in [6, 6.07) is 0.330. The van der Waals surface area contributed by atoms with Gasteiger partial charge in [-0.3, -0.25) is 4.79 Å². The lowest BCUT2D eigenvalue weighted by Crippen LogP contribution is -2.41. The summed E-state index contributed by atoms with van der Waals surface area (Å²) in [6.07, 6.45) is 12.5. The second-order valence-corrected chi connectivity index (χ2v) is 9.30. The minimum atomic E-state index is -0.0135. The van der Waals surface area contributed by atoms with Crippen LogP contribution in [0.2, 0.25) is 0 Å². The van der Waals surface area contributed by atoms with Crippen LogP contribution in [-0.2, 0) is 4.79 Å². The lowest BCUT2D eigenvalue weighted by Gasteiger charge is -2.23. The molecule has 0 rings (SSSR count). The topological polar surface area (TPSA) is 41.1 Å². The van der Waals surface area contributed by atoms with Gasteiger partial charge in [0.05, 0.1) is 6.04 Å². The highest BCUT2D eigenvalue weighted by Crippen LogP contribution is 2.13. The van der Waals surface area contributed by atoms with E-state index >= 15 is 0 Å². The van der Waals surface area contributed by atoms with Gasteiger partial charge in [0, 0.05) is 30.2 Å². The number of rotatable bonds is 15. The van der Waals surface area contributed by atoms with E-state index < -0.39 is 0 Å². The summed E-state index contributed by atoms with van der Waals surface area (Å²) in [7, 11) is 0. The minimum Gasteiger partial charge on any atom is -0.384 e. The van der Waals surface area contributed by atoms with Crippen molar-refractivity contribution in [2.45, 2.75) is 92.7 Å². The molecule has 166 valence electrons. The van der Waals surface area contributed by atoms with Gasteiger partial charge in [-0.25, -0.2) is 0 Å². The molecule has 0 aliphatic carbocycles. The molecule has 0 aromatic carbocycles. The maximum atomic E-state index is 11.3. The van der Waals surface area contributed by atoms with Crippen LogP contribution in [0.1, 0.15) is 80.6 Å². The maximum absolute atomic E-state index is 11.3. The van der Waals surface area contributed by atoms with Crippen LogP contribution in [0.5, 0.6) is 0 Å². The predicted molar refractivity (Wildman–Crippen MR) is 132 cm³/mol. The Bertz CT molecular complexity index is 586. The molecule has 0 fully saturated rings. The molecule has 0 bridgehead atoms. The van der Waals surface area contributed by atoms with E-state index in [0.717, 1.165) is 42.9 Å². The lowest BCUT2D eigenvalue weighted by atomic mass is 10.1. The van der Waals surface area contributed by atoms with Crippen molar-refractivity contribution in [1.82, 2.24) is 10.6 Å². The van der Waals surface area contributed by atoms with Crippen molar-refractivity contribution in [3.63, 3.8) is 0 Å². The molecule has 0 heterocycles. The Labute approximate surface area is 184 Å². The molecule has 2 N–H and O–H groups in total. The summed E-state index contributed by atoms with van der Waals surface area (Å²) in [5, 5.41) is 6.37. The van der Waals surface area contributed by atoms with Gasteiger partial charge in [-0.1, -0.05) is 48.5 Å². The van der Waals surface area contributed by atoms with Gasteiger partial charge in [-0.05, 0) is 66.7 Å². The highest BCUT2D eigenvalue weighted by Gasteiger charge is 2.13. The summed E-state index contributed by atoms with van der Waals surface area (Å²) in [4.78, 5) is 11.3. The molecule has 0 aromatic heterocycles. The third-order valence-corrected chi connectivity index (χ3v) is 5.82. The number of amides is 1. The second-order valence-electron chi connectivity index (χ2n) is 8.23. The van der Waals surface area contributed by atoms with Crippen LogP contribution in [0.25, 0.3) is 0 Å². The van der Waals surface area contributed by atoms with Gasteiger partial charge in [-0.2, -0.15) is 11.8 Å². The zero-order valence-corrected chi connectivity index (χ0v) is 20.7. The van der Waals surface area contributed by atoms with Gasteiger partial charge in [-0.15, -0.1) is 0 Å². The Balaban J connectivity index is 4.08. The number of carbonyl (C=O) groups excluding carboxylic acids is 1. The Morgan fingerprint density at radius 1 is 0.966 bits per heavy atom. The van der Waals surface area contributed by atoms with Gasteiger partial charge in [0.25, 0.3) is 0 Å². The van der Waals surface area contributed by atoms with Gasteiger partial charge < -0.3 is 10.6 Å². The molecular weight excluding hydrogens is 376 g/mol.